The van der Waals surface area contributed by atoms with E-state index in [0.29, 0.717) is 11.4 Å². The first-order chi connectivity index (χ1) is 14.3. The van der Waals surface area contributed by atoms with Crippen LogP contribution in [0.4, 0.5) is 29.3 Å². The lowest BCUT2D eigenvalue weighted by Crippen LogP contribution is -2.41. The van der Waals surface area contributed by atoms with Crippen LogP contribution in [-0.2, 0) is 15.5 Å². The van der Waals surface area contributed by atoms with E-state index in [1.54, 1.807) is 52.0 Å². The number of benzene rings is 2. The van der Waals surface area contributed by atoms with Gasteiger partial charge in [-0.2, -0.15) is 13.2 Å². The average molecular weight is 436 g/mol. The molecule has 166 valence electrons. The number of nitrogens with one attached hydrogen (secondary N) is 2. The molecule has 2 aromatic carbocycles. The summed E-state index contributed by atoms with van der Waals surface area (Å²) in [7, 11) is 0.265. The third-order valence-electron chi connectivity index (χ3n) is 5.48. The third-order valence-corrected chi connectivity index (χ3v) is 5.48. The van der Waals surface area contributed by atoms with Crippen molar-refractivity contribution in [3.63, 3.8) is 0 Å². The van der Waals surface area contributed by atoms with E-state index in [0.717, 1.165) is 6.07 Å². The Morgan fingerprint density at radius 2 is 1.61 bits per heavy atom. The standard InChI is InChI=1S/C21H24BF3N2O4/c1-19(2)20(3,4)31-22(30-19)15-11-10-13(12-14(15)21(23,24)25)26-18(28)27-16-8-6-7-9-17(16)29-5/h6-12H,1-5H3,(H2,26,27,28). The predicted octanol–water partition coefficient (Wildman–Crippen LogP) is 4.66. The van der Waals surface area contributed by atoms with Gasteiger partial charge >= 0.3 is 19.3 Å². The van der Waals surface area contributed by atoms with Gasteiger partial charge in [-0.05, 0) is 57.4 Å². The highest BCUT2D eigenvalue weighted by atomic mass is 19.4. The first-order valence-corrected chi connectivity index (χ1v) is 9.62. The van der Waals surface area contributed by atoms with Crippen LogP contribution in [0.3, 0.4) is 0 Å². The monoisotopic (exact) mass is 436 g/mol. The number of carbonyl (C=O) groups is 1. The molecule has 2 N–H and O–H groups in total. The predicted molar refractivity (Wildman–Crippen MR) is 113 cm³/mol. The van der Waals surface area contributed by atoms with E-state index < -0.39 is 36.1 Å². The highest BCUT2D eigenvalue weighted by molar-refractivity contribution is 6.62. The van der Waals surface area contributed by atoms with E-state index in [1.165, 1.54) is 19.2 Å². The fourth-order valence-electron chi connectivity index (χ4n) is 3.09. The molecule has 0 unspecified atom stereocenters. The zero-order chi connectivity index (χ0) is 23.0. The molecule has 0 spiro atoms. The van der Waals surface area contributed by atoms with Crippen LogP contribution >= 0.6 is 0 Å². The van der Waals surface area contributed by atoms with Crippen LogP contribution in [0.1, 0.15) is 33.3 Å². The first-order valence-electron chi connectivity index (χ1n) is 9.62. The number of ether oxygens (including phenoxy) is 1. The Bertz CT molecular complexity index is 963. The number of hydrogen-bond acceptors (Lipinski definition) is 4. The fourth-order valence-corrected chi connectivity index (χ4v) is 3.09. The second-order valence-electron chi connectivity index (χ2n) is 8.17. The molecule has 0 radical (unpaired) electrons. The third kappa shape index (κ3) is 4.80. The van der Waals surface area contributed by atoms with Crippen LogP contribution in [0.15, 0.2) is 42.5 Å². The lowest BCUT2D eigenvalue weighted by molar-refractivity contribution is -0.136. The number of amides is 2. The van der Waals surface area contributed by atoms with Crippen molar-refractivity contribution in [3.05, 3.63) is 48.0 Å². The first kappa shape index (κ1) is 23.0. The number of rotatable bonds is 4. The molecule has 6 nitrogen and oxygen atoms in total. The van der Waals surface area contributed by atoms with Gasteiger partial charge in [0, 0.05) is 5.69 Å². The SMILES string of the molecule is COc1ccccc1NC(=O)Nc1ccc(B2OC(C)(C)C(C)(C)O2)c(C(F)(F)F)c1. The molecule has 3 rings (SSSR count). The van der Waals surface area contributed by atoms with E-state index in [1.807, 2.05) is 0 Å². The summed E-state index contributed by atoms with van der Waals surface area (Å²) in [6.07, 6.45) is -4.67. The Labute approximate surface area is 179 Å². The number of anilines is 2. The number of para-hydroxylation sites is 2. The lowest BCUT2D eigenvalue weighted by atomic mass is 9.75. The molecule has 0 saturated carbocycles. The van der Waals surface area contributed by atoms with E-state index >= 15 is 0 Å². The van der Waals surface area contributed by atoms with Crippen LogP contribution < -0.4 is 20.8 Å². The number of urea groups is 1. The maximum absolute atomic E-state index is 13.8. The summed E-state index contributed by atoms with van der Waals surface area (Å²) >= 11 is 0. The van der Waals surface area contributed by atoms with Gasteiger partial charge in [0.15, 0.2) is 0 Å². The molecule has 1 heterocycles. The Kier molecular flexibility index (Phi) is 5.99. The van der Waals surface area contributed by atoms with Gasteiger partial charge in [0.25, 0.3) is 0 Å². The Morgan fingerprint density at radius 3 is 2.19 bits per heavy atom. The van der Waals surface area contributed by atoms with Gasteiger partial charge in [-0.15, -0.1) is 0 Å². The van der Waals surface area contributed by atoms with Crippen LogP contribution in [0, 0.1) is 0 Å². The van der Waals surface area contributed by atoms with Crippen LogP contribution in [0.25, 0.3) is 0 Å². The molecule has 0 bridgehead atoms. The van der Waals surface area contributed by atoms with Crippen molar-refractivity contribution < 1.29 is 32.0 Å². The summed E-state index contributed by atoms with van der Waals surface area (Å²) in [5.74, 6) is 0.421. The van der Waals surface area contributed by atoms with E-state index in [2.05, 4.69) is 10.6 Å². The molecule has 1 aliphatic rings. The average Bonchev–Trinajstić information content (AvgIpc) is 2.88. The zero-order valence-corrected chi connectivity index (χ0v) is 17.9. The second-order valence-corrected chi connectivity index (χ2v) is 8.17. The highest BCUT2D eigenvalue weighted by Gasteiger charge is 2.53. The van der Waals surface area contributed by atoms with Crippen molar-refractivity contribution in [1.82, 2.24) is 0 Å². The molecule has 2 amide bonds. The minimum atomic E-state index is -4.67. The fraction of sp³-hybridized carbons (Fsp3) is 0.381. The molecule has 0 atom stereocenters. The molecule has 10 heteroatoms. The summed E-state index contributed by atoms with van der Waals surface area (Å²) in [4.78, 5) is 12.3. The smallest absolute Gasteiger partial charge is 0.495 e. The van der Waals surface area contributed by atoms with Gasteiger partial charge in [0.1, 0.15) is 5.75 Å². The summed E-state index contributed by atoms with van der Waals surface area (Å²) < 4.78 is 58.1. The molecule has 1 fully saturated rings. The van der Waals surface area contributed by atoms with E-state index in [4.69, 9.17) is 14.0 Å². The molecule has 0 aromatic heterocycles. The molecule has 2 aromatic rings. The number of carbonyl (C=O) groups excluding carboxylic acids is 1. The molecule has 1 aliphatic heterocycles. The molecule has 31 heavy (non-hydrogen) atoms. The quantitative estimate of drug-likeness (QED) is 0.685. The minimum absolute atomic E-state index is 0.0278. The van der Waals surface area contributed by atoms with E-state index in [-0.39, 0.29) is 11.2 Å². The second kappa shape index (κ2) is 8.09. The van der Waals surface area contributed by atoms with Crippen molar-refractivity contribution in [2.45, 2.75) is 45.1 Å². The van der Waals surface area contributed by atoms with Gasteiger partial charge in [-0.25, -0.2) is 4.79 Å². The van der Waals surface area contributed by atoms with Crippen molar-refractivity contribution in [3.8, 4) is 5.75 Å². The van der Waals surface area contributed by atoms with Crippen LogP contribution in [-0.4, -0.2) is 31.5 Å². The maximum Gasteiger partial charge on any atom is 0.495 e. The maximum atomic E-state index is 13.8. The van der Waals surface area contributed by atoms with Gasteiger partial charge in [0.05, 0.1) is 29.6 Å². The number of hydrogen-bond donors (Lipinski definition) is 2. The topological polar surface area (TPSA) is 68.8 Å². The van der Waals surface area contributed by atoms with Crippen molar-refractivity contribution in [1.29, 1.82) is 0 Å². The number of alkyl halides is 3. The van der Waals surface area contributed by atoms with Crippen molar-refractivity contribution in [2.75, 3.05) is 17.7 Å². The number of halogens is 3. The van der Waals surface area contributed by atoms with Gasteiger partial charge in [0.2, 0.25) is 0 Å². The molecule has 1 saturated heterocycles. The summed E-state index contributed by atoms with van der Waals surface area (Å²) in [5.41, 5.74) is -2.31. The normalized spacial score (nSPS) is 17.4. The van der Waals surface area contributed by atoms with Crippen LogP contribution in [0.2, 0.25) is 0 Å². The Balaban J connectivity index is 1.85. The van der Waals surface area contributed by atoms with E-state index in [9.17, 15) is 18.0 Å². The highest BCUT2D eigenvalue weighted by Crippen LogP contribution is 2.38. The molecule has 0 aliphatic carbocycles. The van der Waals surface area contributed by atoms with Gasteiger partial charge < -0.3 is 24.7 Å². The Morgan fingerprint density at radius 1 is 1.00 bits per heavy atom. The summed E-state index contributed by atoms with van der Waals surface area (Å²) in [5, 5.41) is 4.97. The van der Waals surface area contributed by atoms with Crippen LogP contribution in [0.5, 0.6) is 5.75 Å². The van der Waals surface area contributed by atoms with Crippen molar-refractivity contribution >= 4 is 30.0 Å². The summed E-state index contributed by atoms with van der Waals surface area (Å²) in [6, 6.07) is 9.47. The largest absolute Gasteiger partial charge is 0.495 e. The number of methoxy groups -OCH3 is 1. The molecular weight excluding hydrogens is 412 g/mol. The molecular formula is C21H24BF3N2O4. The van der Waals surface area contributed by atoms with Crippen molar-refractivity contribution in [2.24, 2.45) is 0 Å². The lowest BCUT2D eigenvalue weighted by Gasteiger charge is -2.32. The van der Waals surface area contributed by atoms with Gasteiger partial charge in [-0.1, -0.05) is 18.2 Å². The zero-order valence-electron chi connectivity index (χ0n) is 17.9. The van der Waals surface area contributed by atoms with Gasteiger partial charge in [-0.3, -0.25) is 0 Å². The Hall–Kier alpha value is -2.72. The summed E-state index contributed by atoms with van der Waals surface area (Å²) in [6.45, 7) is 7.05. The minimum Gasteiger partial charge on any atom is -0.495 e.